The minimum absolute atomic E-state index is 0.0970. The molecule has 1 spiro atoms. The Kier molecular flexibility index (Phi) is 3.89. The van der Waals surface area contributed by atoms with Gasteiger partial charge < -0.3 is 9.47 Å². The number of rotatable bonds is 4. The summed E-state index contributed by atoms with van der Waals surface area (Å²) >= 11 is 0. The first-order valence-corrected chi connectivity index (χ1v) is 7.49. The molecule has 0 aromatic heterocycles. The van der Waals surface area contributed by atoms with E-state index in [2.05, 4.69) is 5.43 Å². The molecule has 3 rings (SSSR count). The van der Waals surface area contributed by atoms with E-state index in [9.17, 15) is 0 Å². The van der Waals surface area contributed by atoms with E-state index in [-0.39, 0.29) is 5.60 Å². The molecule has 0 bridgehead atoms. The molecule has 4 heteroatoms. The van der Waals surface area contributed by atoms with Gasteiger partial charge in [0.05, 0.1) is 5.60 Å². The van der Waals surface area contributed by atoms with E-state index in [0.29, 0.717) is 12.0 Å². The van der Waals surface area contributed by atoms with Crippen molar-refractivity contribution in [2.75, 3.05) is 19.8 Å². The molecule has 0 radical (unpaired) electrons. The van der Waals surface area contributed by atoms with Crippen molar-refractivity contribution in [1.82, 2.24) is 5.43 Å². The molecule has 2 aliphatic heterocycles. The van der Waals surface area contributed by atoms with Crippen molar-refractivity contribution in [2.24, 2.45) is 17.7 Å². The largest absolute Gasteiger partial charge is 0.381 e. The van der Waals surface area contributed by atoms with Crippen molar-refractivity contribution in [3.63, 3.8) is 0 Å². The van der Waals surface area contributed by atoms with Crippen LogP contribution in [0.5, 0.6) is 0 Å². The lowest BCUT2D eigenvalue weighted by molar-refractivity contribution is -0.150. The summed E-state index contributed by atoms with van der Waals surface area (Å²) in [6.45, 7) is 2.61. The fraction of sp³-hybridized carbons (Fsp3) is 1.00. The van der Waals surface area contributed by atoms with Gasteiger partial charge in [0, 0.05) is 25.9 Å². The van der Waals surface area contributed by atoms with E-state index >= 15 is 0 Å². The molecule has 0 amide bonds. The highest BCUT2D eigenvalue weighted by Crippen LogP contribution is 2.41. The van der Waals surface area contributed by atoms with Gasteiger partial charge in [0.25, 0.3) is 0 Å². The zero-order valence-corrected chi connectivity index (χ0v) is 11.2. The highest BCUT2D eigenvalue weighted by molar-refractivity contribution is 4.93. The Labute approximate surface area is 110 Å². The monoisotopic (exact) mass is 254 g/mol. The molecule has 1 aliphatic carbocycles. The third-order valence-electron chi connectivity index (χ3n) is 5.00. The van der Waals surface area contributed by atoms with Gasteiger partial charge in [0.15, 0.2) is 0 Å². The van der Waals surface area contributed by atoms with Crippen LogP contribution in [0.15, 0.2) is 0 Å². The molecule has 104 valence electrons. The number of hydrogen-bond acceptors (Lipinski definition) is 4. The summed E-state index contributed by atoms with van der Waals surface area (Å²) in [5.41, 5.74) is 3.18. The third kappa shape index (κ3) is 2.87. The topological polar surface area (TPSA) is 56.5 Å². The zero-order chi connectivity index (χ0) is 12.4. The summed E-state index contributed by atoms with van der Waals surface area (Å²) in [6, 6.07) is 0.487. The Morgan fingerprint density at radius 1 is 1.17 bits per heavy atom. The Balaban J connectivity index is 1.60. The van der Waals surface area contributed by atoms with Crippen molar-refractivity contribution >= 4 is 0 Å². The highest BCUT2D eigenvalue weighted by Gasteiger charge is 2.42. The van der Waals surface area contributed by atoms with Crippen LogP contribution in [0.25, 0.3) is 0 Å². The van der Waals surface area contributed by atoms with E-state index in [0.717, 1.165) is 51.4 Å². The van der Waals surface area contributed by atoms with Gasteiger partial charge in [-0.15, -0.1) is 0 Å². The predicted octanol–water partition coefficient (Wildman–Crippen LogP) is 1.59. The van der Waals surface area contributed by atoms with Crippen molar-refractivity contribution in [3.05, 3.63) is 0 Å². The lowest BCUT2D eigenvalue weighted by atomic mass is 9.77. The first kappa shape index (κ1) is 12.9. The first-order valence-electron chi connectivity index (χ1n) is 7.49. The fourth-order valence-corrected chi connectivity index (χ4v) is 3.61. The van der Waals surface area contributed by atoms with Crippen molar-refractivity contribution < 1.29 is 9.47 Å². The molecule has 3 fully saturated rings. The van der Waals surface area contributed by atoms with Crippen LogP contribution in [-0.4, -0.2) is 31.5 Å². The van der Waals surface area contributed by atoms with Crippen LogP contribution in [0.3, 0.4) is 0 Å². The van der Waals surface area contributed by atoms with E-state index in [1.54, 1.807) is 0 Å². The van der Waals surface area contributed by atoms with Crippen LogP contribution >= 0.6 is 0 Å². The van der Waals surface area contributed by atoms with Crippen LogP contribution < -0.4 is 11.3 Å². The molecule has 1 saturated carbocycles. The second-order valence-electron chi connectivity index (χ2n) is 6.35. The average molecular weight is 254 g/mol. The van der Waals surface area contributed by atoms with E-state index < -0.39 is 0 Å². The maximum atomic E-state index is 6.10. The first-order chi connectivity index (χ1) is 8.81. The van der Waals surface area contributed by atoms with Crippen LogP contribution in [0.1, 0.15) is 44.9 Å². The average Bonchev–Trinajstić information content (AvgIpc) is 3.21. The predicted molar refractivity (Wildman–Crippen MR) is 69.9 cm³/mol. The highest BCUT2D eigenvalue weighted by atomic mass is 16.5. The Hall–Kier alpha value is -0.160. The molecular formula is C14H26N2O2. The standard InChI is InChI=1S/C14H26N2O2/c15-16-13(9-11-1-2-11)12-3-6-18-14(10-12)4-7-17-8-5-14/h11-13,16H,1-10,15H2. The molecule has 4 nitrogen and oxygen atoms in total. The van der Waals surface area contributed by atoms with Crippen molar-refractivity contribution in [3.8, 4) is 0 Å². The number of hydrogen-bond donors (Lipinski definition) is 2. The molecule has 0 aromatic carbocycles. The Bertz CT molecular complexity index is 269. The normalized spacial score (nSPS) is 33.5. The maximum Gasteiger partial charge on any atom is 0.0729 e. The Morgan fingerprint density at radius 2 is 1.94 bits per heavy atom. The van der Waals surface area contributed by atoms with Gasteiger partial charge in [-0.1, -0.05) is 12.8 Å². The number of nitrogens with one attached hydrogen (secondary N) is 1. The number of hydrazine groups is 1. The lowest BCUT2D eigenvalue weighted by Crippen LogP contribution is -2.50. The van der Waals surface area contributed by atoms with Gasteiger partial charge in [0.1, 0.15) is 0 Å². The summed E-state index contributed by atoms with van der Waals surface area (Å²) in [5, 5.41) is 0. The molecule has 3 N–H and O–H groups in total. The summed E-state index contributed by atoms with van der Waals surface area (Å²) < 4.78 is 11.6. The summed E-state index contributed by atoms with van der Waals surface area (Å²) in [6.07, 6.45) is 8.51. The summed E-state index contributed by atoms with van der Waals surface area (Å²) in [7, 11) is 0. The van der Waals surface area contributed by atoms with Crippen LogP contribution in [0.4, 0.5) is 0 Å². The SMILES string of the molecule is NNC(CC1CC1)C1CCOC2(CCOCC2)C1. The number of ether oxygens (including phenoxy) is 2. The molecular weight excluding hydrogens is 228 g/mol. The molecule has 2 atom stereocenters. The molecule has 2 heterocycles. The van der Waals surface area contributed by atoms with Crippen LogP contribution in [0, 0.1) is 11.8 Å². The molecule has 0 aromatic rings. The van der Waals surface area contributed by atoms with Gasteiger partial charge in [-0.3, -0.25) is 11.3 Å². The fourth-order valence-electron chi connectivity index (χ4n) is 3.61. The molecule has 18 heavy (non-hydrogen) atoms. The quantitative estimate of drug-likeness (QED) is 0.591. The van der Waals surface area contributed by atoms with Gasteiger partial charge in [-0.25, -0.2) is 0 Å². The number of nitrogens with two attached hydrogens (primary N) is 1. The van der Waals surface area contributed by atoms with Gasteiger partial charge in [-0.05, 0) is 43.9 Å². The van der Waals surface area contributed by atoms with Crippen LogP contribution in [-0.2, 0) is 9.47 Å². The van der Waals surface area contributed by atoms with E-state index in [1.165, 1.54) is 19.3 Å². The van der Waals surface area contributed by atoms with Crippen molar-refractivity contribution in [1.29, 1.82) is 0 Å². The Morgan fingerprint density at radius 3 is 2.61 bits per heavy atom. The molecule has 3 aliphatic rings. The van der Waals surface area contributed by atoms with Crippen LogP contribution in [0.2, 0.25) is 0 Å². The lowest BCUT2D eigenvalue weighted by Gasteiger charge is -2.45. The summed E-state index contributed by atoms with van der Waals surface area (Å²) in [5.74, 6) is 7.40. The molecule has 2 saturated heterocycles. The summed E-state index contributed by atoms with van der Waals surface area (Å²) in [4.78, 5) is 0. The maximum absolute atomic E-state index is 6.10. The van der Waals surface area contributed by atoms with E-state index in [1.807, 2.05) is 0 Å². The van der Waals surface area contributed by atoms with Crippen molar-refractivity contribution in [2.45, 2.75) is 56.6 Å². The van der Waals surface area contributed by atoms with Gasteiger partial charge >= 0.3 is 0 Å². The minimum Gasteiger partial charge on any atom is -0.381 e. The minimum atomic E-state index is 0.0970. The second kappa shape index (κ2) is 5.45. The smallest absolute Gasteiger partial charge is 0.0729 e. The van der Waals surface area contributed by atoms with Gasteiger partial charge in [0.2, 0.25) is 0 Å². The second-order valence-corrected chi connectivity index (χ2v) is 6.35. The third-order valence-corrected chi connectivity index (χ3v) is 5.00. The zero-order valence-electron chi connectivity index (χ0n) is 11.2. The van der Waals surface area contributed by atoms with Gasteiger partial charge in [-0.2, -0.15) is 0 Å². The van der Waals surface area contributed by atoms with E-state index in [4.69, 9.17) is 15.3 Å². The molecule has 2 unspecified atom stereocenters.